The van der Waals surface area contributed by atoms with Gasteiger partial charge in [-0.05, 0) is 24.6 Å². The first-order chi connectivity index (χ1) is 8.02. The third-order valence-electron chi connectivity index (χ3n) is 2.10. The zero-order valence-corrected chi connectivity index (χ0v) is 9.88. The average Bonchev–Trinajstić information content (AvgIpc) is 2.28. The number of nitrogens with one attached hydrogen (secondary N) is 1. The molecule has 0 aliphatic rings. The molecule has 1 rings (SSSR count). The second kappa shape index (κ2) is 6.39. The lowest BCUT2D eigenvalue weighted by Gasteiger charge is -2.14. The molecule has 1 N–H and O–H groups in total. The minimum absolute atomic E-state index is 0.0830. The average molecular weight is 264 g/mol. The van der Waals surface area contributed by atoms with E-state index in [9.17, 15) is 13.6 Å². The number of carbonyl (C=O) groups is 1. The number of hydrogen-bond donors (Lipinski definition) is 1. The molecule has 0 aliphatic carbocycles. The molecule has 1 amide bonds. The number of carbonyl (C=O) groups excluding carboxylic acids is 1. The summed E-state index contributed by atoms with van der Waals surface area (Å²) in [5, 5.41) is 2.65. The highest BCUT2D eigenvalue weighted by atomic mass is 35.5. The Morgan fingerprint density at radius 1 is 1.41 bits per heavy atom. The second-order valence-corrected chi connectivity index (χ2v) is 3.64. The molecule has 6 heteroatoms. The first kappa shape index (κ1) is 13.7. The highest BCUT2D eigenvalue weighted by Gasteiger charge is 2.09. The minimum Gasteiger partial charge on any atom is -0.435 e. The monoisotopic (exact) mass is 263 g/mol. The van der Waals surface area contributed by atoms with Crippen LogP contribution in [0.2, 0.25) is 0 Å². The molecule has 0 heterocycles. The van der Waals surface area contributed by atoms with Crippen LogP contribution in [0.1, 0.15) is 18.5 Å². The van der Waals surface area contributed by atoms with E-state index in [1.165, 1.54) is 12.1 Å². The van der Waals surface area contributed by atoms with Gasteiger partial charge in [-0.25, -0.2) is 0 Å². The Morgan fingerprint density at radius 3 is 2.47 bits per heavy atom. The number of hydrogen-bond acceptors (Lipinski definition) is 2. The number of rotatable bonds is 5. The van der Waals surface area contributed by atoms with Crippen molar-refractivity contribution in [1.29, 1.82) is 0 Å². The molecule has 17 heavy (non-hydrogen) atoms. The molecule has 0 radical (unpaired) electrons. The summed E-state index contributed by atoms with van der Waals surface area (Å²) < 4.78 is 28.0. The van der Waals surface area contributed by atoms with E-state index in [-0.39, 0.29) is 23.6 Å². The summed E-state index contributed by atoms with van der Waals surface area (Å²) in [4.78, 5) is 11.0. The van der Waals surface area contributed by atoms with Crippen molar-refractivity contribution < 1.29 is 18.3 Å². The lowest BCUT2D eigenvalue weighted by atomic mass is 10.1. The van der Waals surface area contributed by atoms with Crippen LogP contribution in [0.4, 0.5) is 8.78 Å². The fourth-order valence-electron chi connectivity index (χ4n) is 1.30. The molecule has 1 atom stereocenters. The summed E-state index contributed by atoms with van der Waals surface area (Å²) in [6.45, 7) is -1.07. The fraction of sp³-hybridized carbons (Fsp3) is 0.364. The van der Waals surface area contributed by atoms with E-state index in [2.05, 4.69) is 10.1 Å². The molecule has 0 saturated carbocycles. The maximum atomic E-state index is 11.9. The molecule has 0 bridgehead atoms. The smallest absolute Gasteiger partial charge is 0.387 e. The van der Waals surface area contributed by atoms with Gasteiger partial charge >= 0.3 is 6.61 Å². The van der Waals surface area contributed by atoms with Crippen molar-refractivity contribution in [3.63, 3.8) is 0 Å². The van der Waals surface area contributed by atoms with Crippen molar-refractivity contribution in [2.75, 3.05) is 5.88 Å². The zero-order valence-electron chi connectivity index (χ0n) is 9.12. The van der Waals surface area contributed by atoms with Gasteiger partial charge < -0.3 is 10.1 Å². The highest BCUT2D eigenvalue weighted by molar-refractivity contribution is 6.27. The van der Waals surface area contributed by atoms with E-state index in [0.29, 0.717) is 0 Å². The van der Waals surface area contributed by atoms with Crippen molar-refractivity contribution in [1.82, 2.24) is 5.32 Å². The van der Waals surface area contributed by atoms with E-state index in [0.717, 1.165) is 5.56 Å². The Labute approximate surface area is 103 Å². The Kier molecular flexibility index (Phi) is 5.15. The van der Waals surface area contributed by atoms with Gasteiger partial charge in [0.25, 0.3) is 0 Å². The zero-order chi connectivity index (χ0) is 12.8. The molecule has 0 aromatic heterocycles. The molecule has 1 aromatic rings. The van der Waals surface area contributed by atoms with Gasteiger partial charge in [0.2, 0.25) is 5.91 Å². The van der Waals surface area contributed by atoms with Gasteiger partial charge in [0.15, 0.2) is 0 Å². The minimum atomic E-state index is -2.84. The van der Waals surface area contributed by atoms with Crippen LogP contribution >= 0.6 is 11.6 Å². The lowest BCUT2D eigenvalue weighted by Crippen LogP contribution is -2.27. The predicted octanol–water partition coefficient (Wildman–Crippen LogP) is 2.70. The van der Waals surface area contributed by atoms with E-state index < -0.39 is 6.61 Å². The van der Waals surface area contributed by atoms with E-state index in [1.807, 2.05) is 0 Å². The van der Waals surface area contributed by atoms with Gasteiger partial charge in [0.1, 0.15) is 11.6 Å². The maximum absolute atomic E-state index is 11.9. The van der Waals surface area contributed by atoms with Gasteiger partial charge in [-0.1, -0.05) is 12.1 Å². The van der Waals surface area contributed by atoms with E-state index >= 15 is 0 Å². The van der Waals surface area contributed by atoms with Gasteiger partial charge in [-0.3, -0.25) is 4.79 Å². The Hall–Kier alpha value is -1.36. The largest absolute Gasteiger partial charge is 0.435 e. The van der Waals surface area contributed by atoms with Gasteiger partial charge in [0.05, 0.1) is 6.04 Å². The molecule has 94 valence electrons. The van der Waals surface area contributed by atoms with Crippen LogP contribution < -0.4 is 10.1 Å². The van der Waals surface area contributed by atoms with Gasteiger partial charge in [-0.2, -0.15) is 8.78 Å². The number of alkyl halides is 3. The summed E-state index contributed by atoms with van der Waals surface area (Å²) >= 11 is 5.35. The summed E-state index contributed by atoms with van der Waals surface area (Å²) in [5.74, 6) is -0.316. The van der Waals surface area contributed by atoms with Crippen LogP contribution in [0, 0.1) is 0 Å². The normalized spacial score (nSPS) is 12.3. The van der Waals surface area contributed by atoms with Crippen molar-refractivity contribution in [2.45, 2.75) is 19.6 Å². The third kappa shape index (κ3) is 4.56. The van der Waals surface area contributed by atoms with Crippen molar-refractivity contribution in [3.05, 3.63) is 29.8 Å². The molecule has 0 fully saturated rings. The van der Waals surface area contributed by atoms with Crippen molar-refractivity contribution in [2.24, 2.45) is 0 Å². The fourth-order valence-corrected chi connectivity index (χ4v) is 1.38. The maximum Gasteiger partial charge on any atom is 0.387 e. The standard InChI is InChI=1S/C11H12ClF2NO2/c1-7(15-10(16)6-12)8-2-4-9(5-3-8)17-11(13)14/h2-5,7,11H,6H2,1H3,(H,15,16)/t7-/m1/s1. The summed E-state index contributed by atoms with van der Waals surface area (Å²) in [5.41, 5.74) is 0.782. The number of amides is 1. The van der Waals surface area contributed by atoms with Crippen LogP contribution in [-0.2, 0) is 4.79 Å². The third-order valence-corrected chi connectivity index (χ3v) is 2.35. The van der Waals surface area contributed by atoms with E-state index in [4.69, 9.17) is 11.6 Å². The highest BCUT2D eigenvalue weighted by Crippen LogP contribution is 2.19. The van der Waals surface area contributed by atoms with Crippen LogP contribution in [0.15, 0.2) is 24.3 Å². The first-order valence-corrected chi connectivity index (χ1v) is 5.46. The van der Waals surface area contributed by atoms with Crippen LogP contribution in [0.25, 0.3) is 0 Å². The summed E-state index contributed by atoms with van der Waals surface area (Å²) in [7, 11) is 0. The quantitative estimate of drug-likeness (QED) is 0.830. The molecule has 3 nitrogen and oxygen atoms in total. The molecule has 0 saturated heterocycles. The molecule has 0 aliphatic heterocycles. The number of benzene rings is 1. The van der Waals surface area contributed by atoms with Crippen LogP contribution in [0.5, 0.6) is 5.75 Å². The van der Waals surface area contributed by atoms with Crippen LogP contribution in [-0.4, -0.2) is 18.4 Å². The van der Waals surface area contributed by atoms with E-state index in [1.54, 1.807) is 19.1 Å². The van der Waals surface area contributed by atoms with Crippen LogP contribution in [0.3, 0.4) is 0 Å². The molecular weight excluding hydrogens is 252 g/mol. The van der Waals surface area contributed by atoms with Crippen molar-refractivity contribution in [3.8, 4) is 5.75 Å². The second-order valence-electron chi connectivity index (χ2n) is 3.37. The first-order valence-electron chi connectivity index (χ1n) is 4.93. The summed E-state index contributed by atoms with van der Waals surface area (Å²) in [6.07, 6.45) is 0. The van der Waals surface area contributed by atoms with Crippen molar-refractivity contribution >= 4 is 17.5 Å². The Bertz CT molecular complexity index is 370. The Balaban J connectivity index is 2.63. The molecule has 0 spiro atoms. The predicted molar refractivity (Wildman–Crippen MR) is 60.4 cm³/mol. The lowest BCUT2D eigenvalue weighted by molar-refractivity contribution is -0.119. The van der Waals surface area contributed by atoms with Gasteiger partial charge in [0, 0.05) is 0 Å². The number of ether oxygens (including phenoxy) is 1. The topological polar surface area (TPSA) is 38.3 Å². The summed E-state index contributed by atoms with van der Waals surface area (Å²) in [6, 6.07) is 5.82. The SMILES string of the molecule is C[C@@H](NC(=O)CCl)c1ccc(OC(F)F)cc1. The van der Waals surface area contributed by atoms with Gasteiger partial charge in [-0.15, -0.1) is 11.6 Å². The Morgan fingerprint density at radius 2 is 2.00 bits per heavy atom. The number of halogens is 3. The molecule has 1 aromatic carbocycles. The molecular formula is C11H12ClF2NO2. The molecule has 0 unspecified atom stereocenters.